The Kier molecular flexibility index (Phi) is 3.34. The summed E-state index contributed by atoms with van der Waals surface area (Å²) in [5.74, 6) is 0.398. The summed E-state index contributed by atoms with van der Waals surface area (Å²) >= 11 is 0. The van der Waals surface area contributed by atoms with Crippen LogP contribution in [0.3, 0.4) is 0 Å². The maximum atomic E-state index is 11.3. The van der Waals surface area contributed by atoms with Gasteiger partial charge in [-0.05, 0) is 31.0 Å². The third-order valence-corrected chi connectivity index (χ3v) is 3.33. The predicted molar refractivity (Wildman–Crippen MR) is 63.1 cm³/mol. The van der Waals surface area contributed by atoms with Crippen molar-refractivity contribution in [3.05, 3.63) is 29.6 Å². The highest BCUT2D eigenvalue weighted by molar-refractivity contribution is 5.79. The van der Waals surface area contributed by atoms with Crippen LogP contribution in [0.25, 0.3) is 0 Å². The fourth-order valence-corrected chi connectivity index (χ4v) is 2.18. The molecule has 1 unspecified atom stereocenters. The van der Waals surface area contributed by atoms with Crippen LogP contribution in [0, 0.1) is 6.92 Å². The number of Topliss-reactive ketones (excluding diaryl/α,β-unsaturated/α-hetero) is 1. The summed E-state index contributed by atoms with van der Waals surface area (Å²) in [5.41, 5.74) is 2.54. The van der Waals surface area contributed by atoms with Crippen molar-refractivity contribution < 1.29 is 4.79 Å². The van der Waals surface area contributed by atoms with Gasteiger partial charge >= 0.3 is 0 Å². The molecule has 0 radical (unpaired) electrons. The number of pyridine rings is 1. The predicted octanol–water partition coefficient (Wildman–Crippen LogP) is 1.94. The molecule has 1 aromatic heterocycles. The molecule has 3 heteroatoms. The zero-order valence-electron chi connectivity index (χ0n) is 9.94. The normalized spacial score (nSPS) is 22.4. The van der Waals surface area contributed by atoms with Crippen molar-refractivity contribution in [2.24, 2.45) is 0 Å². The zero-order valence-corrected chi connectivity index (χ0v) is 9.94. The number of aromatic nitrogens is 1. The number of carbonyl (C=O) groups is 1. The molecule has 2 heterocycles. The number of ketones is 1. The van der Waals surface area contributed by atoms with E-state index < -0.39 is 0 Å². The number of nitrogens with zero attached hydrogens (tertiary/aromatic N) is 2. The molecule has 1 aliphatic heterocycles. The van der Waals surface area contributed by atoms with Crippen LogP contribution >= 0.6 is 0 Å². The Labute approximate surface area is 96.5 Å². The minimum Gasteiger partial charge on any atom is -0.300 e. The molecule has 0 N–H and O–H groups in total. The molecule has 86 valence electrons. The quantitative estimate of drug-likeness (QED) is 0.760. The van der Waals surface area contributed by atoms with Gasteiger partial charge in [-0.25, -0.2) is 0 Å². The van der Waals surface area contributed by atoms with Gasteiger partial charge in [0.05, 0.1) is 0 Å². The molecule has 0 aromatic carbocycles. The van der Waals surface area contributed by atoms with Gasteiger partial charge in [0.2, 0.25) is 0 Å². The van der Waals surface area contributed by atoms with Gasteiger partial charge in [0.25, 0.3) is 0 Å². The molecular weight excluding hydrogens is 200 g/mol. The van der Waals surface area contributed by atoms with E-state index in [4.69, 9.17) is 0 Å². The third-order valence-electron chi connectivity index (χ3n) is 3.33. The maximum absolute atomic E-state index is 11.3. The molecule has 0 aliphatic carbocycles. The molecule has 0 spiro atoms. The molecule has 16 heavy (non-hydrogen) atoms. The van der Waals surface area contributed by atoms with Gasteiger partial charge in [0, 0.05) is 44.4 Å². The lowest BCUT2D eigenvalue weighted by Gasteiger charge is -2.32. The number of hydrogen-bond acceptors (Lipinski definition) is 3. The van der Waals surface area contributed by atoms with E-state index in [-0.39, 0.29) is 0 Å². The van der Waals surface area contributed by atoms with Crippen LogP contribution in [0.2, 0.25) is 0 Å². The van der Waals surface area contributed by atoms with Gasteiger partial charge in [-0.15, -0.1) is 0 Å². The summed E-state index contributed by atoms with van der Waals surface area (Å²) in [4.78, 5) is 17.8. The molecule has 1 aromatic rings. The molecule has 0 amide bonds. The molecule has 0 saturated carbocycles. The standard InChI is InChI=1S/C13H18N2O/c1-10-8-14-5-3-12(10)9-15-6-4-13(16)7-11(15)2/h3,5,8,11H,4,6-7,9H2,1-2H3. The van der Waals surface area contributed by atoms with Crippen molar-refractivity contribution in [2.45, 2.75) is 39.3 Å². The average molecular weight is 218 g/mol. The maximum Gasteiger partial charge on any atom is 0.135 e. The minimum atomic E-state index is 0.369. The summed E-state index contributed by atoms with van der Waals surface area (Å²) < 4.78 is 0. The van der Waals surface area contributed by atoms with Crippen LogP contribution < -0.4 is 0 Å². The highest BCUT2D eigenvalue weighted by atomic mass is 16.1. The highest BCUT2D eigenvalue weighted by Crippen LogP contribution is 2.18. The van der Waals surface area contributed by atoms with Crippen molar-refractivity contribution in [3.8, 4) is 0 Å². The Morgan fingerprint density at radius 3 is 3.06 bits per heavy atom. The first-order valence-electron chi connectivity index (χ1n) is 5.82. The molecule has 1 saturated heterocycles. The first-order valence-corrected chi connectivity index (χ1v) is 5.82. The lowest BCUT2D eigenvalue weighted by molar-refractivity contribution is -0.123. The average Bonchev–Trinajstić information content (AvgIpc) is 2.25. The number of rotatable bonds is 2. The molecule has 0 bridgehead atoms. The zero-order chi connectivity index (χ0) is 11.5. The van der Waals surface area contributed by atoms with Crippen LogP contribution in [0.5, 0.6) is 0 Å². The lowest BCUT2D eigenvalue weighted by atomic mass is 10.0. The number of carbonyl (C=O) groups excluding carboxylic acids is 1. The largest absolute Gasteiger partial charge is 0.300 e. The Hall–Kier alpha value is -1.22. The summed E-state index contributed by atoms with van der Waals surface area (Å²) in [6.45, 7) is 6.04. The Morgan fingerprint density at radius 2 is 2.38 bits per heavy atom. The first-order chi connectivity index (χ1) is 7.66. The third kappa shape index (κ3) is 2.47. The molecule has 2 rings (SSSR count). The topological polar surface area (TPSA) is 33.2 Å². The van der Waals surface area contributed by atoms with Crippen LogP contribution in [0.4, 0.5) is 0 Å². The Morgan fingerprint density at radius 1 is 1.56 bits per heavy atom. The van der Waals surface area contributed by atoms with E-state index >= 15 is 0 Å². The Balaban J connectivity index is 2.05. The van der Waals surface area contributed by atoms with E-state index in [1.165, 1.54) is 11.1 Å². The number of aryl methyl sites for hydroxylation is 1. The van der Waals surface area contributed by atoms with E-state index in [2.05, 4.69) is 29.8 Å². The van der Waals surface area contributed by atoms with Gasteiger partial charge < -0.3 is 0 Å². The van der Waals surface area contributed by atoms with E-state index in [0.717, 1.165) is 13.1 Å². The molecule has 1 atom stereocenters. The fourth-order valence-electron chi connectivity index (χ4n) is 2.18. The SMILES string of the molecule is Cc1cnccc1CN1CCC(=O)CC1C. The number of likely N-dealkylation sites (tertiary alicyclic amines) is 1. The summed E-state index contributed by atoms with van der Waals surface area (Å²) in [6.07, 6.45) is 5.13. The van der Waals surface area contributed by atoms with E-state index in [1.54, 1.807) is 0 Å². The van der Waals surface area contributed by atoms with Crippen LogP contribution in [-0.4, -0.2) is 28.3 Å². The summed E-state index contributed by atoms with van der Waals surface area (Å²) in [7, 11) is 0. The monoisotopic (exact) mass is 218 g/mol. The lowest BCUT2D eigenvalue weighted by Crippen LogP contribution is -2.40. The van der Waals surface area contributed by atoms with Crippen molar-refractivity contribution >= 4 is 5.78 Å². The van der Waals surface area contributed by atoms with E-state index in [0.29, 0.717) is 24.7 Å². The van der Waals surface area contributed by atoms with Crippen molar-refractivity contribution in [1.29, 1.82) is 0 Å². The van der Waals surface area contributed by atoms with Crippen molar-refractivity contribution in [2.75, 3.05) is 6.54 Å². The van der Waals surface area contributed by atoms with Gasteiger partial charge in [-0.1, -0.05) is 0 Å². The smallest absolute Gasteiger partial charge is 0.135 e. The van der Waals surface area contributed by atoms with Crippen LogP contribution in [-0.2, 0) is 11.3 Å². The van der Waals surface area contributed by atoms with Crippen LogP contribution in [0.15, 0.2) is 18.5 Å². The first kappa shape index (κ1) is 11.3. The second-order valence-corrected chi connectivity index (χ2v) is 4.61. The summed E-state index contributed by atoms with van der Waals surface area (Å²) in [6, 6.07) is 2.44. The van der Waals surface area contributed by atoms with Crippen LogP contribution in [0.1, 0.15) is 30.9 Å². The van der Waals surface area contributed by atoms with Gasteiger partial charge in [-0.2, -0.15) is 0 Å². The number of hydrogen-bond donors (Lipinski definition) is 0. The van der Waals surface area contributed by atoms with Crippen molar-refractivity contribution in [1.82, 2.24) is 9.88 Å². The Bertz CT molecular complexity index is 389. The fraction of sp³-hybridized carbons (Fsp3) is 0.538. The number of piperidine rings is 1. The molecular formula is C13H18N2O. The van der Waals surface area contributed by atoms with Crippen molar-refractivity contribution in [3.63, 3.8) is 0 Å². The van der Waals surface area contributed by atoms with Gasteiger partial charge in [0.15, 0.2) is 0 Å². The second kappa shape index (κ2) is 4.74. The molecule has 1 aliphatic rings. The van der Waals surface area contributed by atoms with E-state index in [1.807, 2.05) is 12.4 Å². The van der Waals surface area contributed by atoms with Gasteiger partial charge in [-0.3, -0.25) is 14.7 Å². The minimum absolute atomic E-state index is 0.369. The highest BCUT2D eigenvalue weighted by Gasteiger charge is 2.23. The molecule has 1 fully saturated rings. The van der Waals surface area contributed by atoms with Gasteiger partial charge in [0.1, 0.15) is 5.78 Å². The summed E-state index contributed by atoms with van der Waals surface area (Å²) in [5, 5.41) is 0. The van der Waals surface area contributed by atoms with E-state index in [9.17, 15) is 4.79 Å². The molecule has 3 nitrogen and oxygen atoms in total. The second-order valence-electron chi connectivity index (χ2n) is 4.61.